The lowest BCUT2D eigenvalue weighted by molar-refractivity contribution is -0.151. The van der Waals surface area contributed by atoms with Crippen molar-refractivity contribution in [2.45, 2.75) is 64.2 Å². The molecule has 0 aromatic carbocycles. The van der Waals surface area contributed by atoms with E-state index in [1.165, 1.54) is 10.4 Å². The highest BCUT2D eigenvalue weighted by Gasteiger charge is 2.44. The third-order valence-electron chi connectivity index (χ3n) is 4.56. The second-order valence-corrected chi connectivity index (χ2v) is 7.32. The first kappa shape index (κ1) is 16.0. The van der Waals surface area contributed by atoms with E-state index in [1.807, 2.05) is 0 Å². The van der Waals surface area contributed by atoms with Crippen LogP contribution in [0.25, 0.3) is 0 Å². The van der Waals surface area contributed by atoms with Crippen molar-refractivity contribution in [3.8, 4) is 0 Å². The van der Waals surface area contributed by atoms with Gasteiger partial charge in [0, 0.05) is 23.8 Å². The van der Waals surface area contributed by atoms with Gasteiger partial charge in [-0.3, -0.25) is 4.79 Å². The first-order chi connectivity index (χ1) is 10.7. The third kappa shape index (κ3) is 3.21. The monoisotopic (exact) mass is 323 g/mol. The molecule has 3 rings (SSSR count). The summed E-state index contributed by atoms with van der Waals surface area (Å²) in [7, 11) is 0. The zero-order valence-corrected chi connectivity index (χ0v) is 14.3. The van der Waals surface area contributed by atoms with Crippen LogP contribution in [0.3, 0.4) is 0 Å². The van der Waals surface area contributed by atoms with Gasteiger partial charge in [0.15, 0.2) is 5.79 Å². The number of hydrogen-bond acceptors (Lipinski definition) is 4. The molecular weight excluding hydrogens is 298 g/mol. The highest BCUT2D eigenvalue weighted by molar-refractivity contribution is 7.14. The Labute approximate surface area is 136 Å². The standard InChI is InChI=1S/C17H25NO3S/c1-3-5-14-12(4-2)10-15(22-14)16(19)18-13-6-7-17(11-13)20-8-9-21-17/h10,13H,3-9,11H2,1-2H3,(H,18,19)/t13-/m0/s1. The third-order valence-corrected chi connectivity index (χ3v) is 5.79. The van der Waals surface area contributed by atoms with Crippen LogP contribution in [0.1, 0.15) is 59.6 Å². The highest BCUT2D eigenvalue weighted by atomic mass is 32.1. The van der Waals surface area contributed by atoms with E-state index in [0.717, 1.165) is 43.4 Å². The summed E-state index contributed by atoms with van der Waals surface area (Å²) in [5.74, 6) is -0.364. The maximum absolute atomic E-state index is 12.5. The molecule has 2 fully saturated rings. The largest absolute Gasteiger partial charge is 0.348 e. The maximum atomic E-state index is 12.5. The van der Waals surface area contributed by atoms with Crippen LogP contribution in [0.5, 0.6) is 0 Å². The number of aryl methyl sites for hydroxylation is 2. The van der Waals surface area contributed by atoms with E-state index in [0.29, 0.717) is 13.2 Å². The lowest BCUT2D eigenvalue weighted by Gasteiger charge is -2.21. The molecule has 1 N–H and O–H groups in total. The number of thiophene rings is 1. The maximum Gasteiger partial charge on any atom is 0.261 e. The summed E-state index contributed by atoms with van der Waals surface area (Å²) in [6, 6.07) is 2.23. The Bertz CT molecular complexity index is 534. The van der Waals surface area contributed by atoms with Crippen molar-refractivity contribution in [1.29, 1.82) is 0 Å². The predicted octanol–water partition coefficient (Wildman–Crippen LogP) is 3.29. The summed E-state index contributed by atoms with van der Waals surface area (Å²) in [4.78, 5) is 14.7. The fourth-order valence-corrected chi connectivity index (χ4v) is 4.69. The van der Waals surface area contributed by atoms with Gasteiger partial charge in [0.2, 0.25) is 0 Å². The molecule has 22 heavy (non-hydrogen) atoms. The minimum atomic E-state index is -0.421. The molecule has 0 unspecified atom stereocenters. The van der Waals surface area contributed by atoms with Crippen molar-refractivity contribution in [3.05, 3.63) is 21.4 Å². The van der Waals surface area contributed by atoms with E-state index in [-0.39, 0.29) is 11.9 Å². The molecule has 122 valence electrons. The van der Waals surface area contributed by atoms with Crippen LogP contribution in [0, 0.1) is 0 Å². The molecule has 1 aliphatic carbocycles. The van der Waals surface area contributed by atoms with E-state index in [9.17, 15) is 4.79 Å². The molecular formula is C17H25NO3S. The molecule has 2 heterocycles. The van der Waals surface area contributed by atoms with Crippen LogP contribution >= 0.6 is 11.3 Å². The fraction of sp³-hybridized carbons (Fsp3) is 0.706. The lowest BCUT2D eigenvalue weighted by atomic mass is 10.1. The number of rotatable bonds is 5. The van der Waals surface area contributed by atoms with Crippen LogP contribution < -0.4 is 5.32 Å². The zero-order chi connectivity index (χ0) is 15.6. The molecule has 1 saturated heterocycles. The summed E-state index contributed by atoms with van der Waals surface area (Å²) in [6.07, 6.45) is 5.76. The van der Waals surface area contributed by atoms with Gasteiger partial charge in [-0.15, -0.1) is 11.3 Å². The van der Waals surface area contributed by atoms with Crippen molar-refractivity contribution in [1.82, 2.24) is 5.32 Å². The second-order valence-electron chi connectivity index (χ2n) is 6.18. The van der Waals surface area contributed by atoms with Gasteiger partial charge in [0.25, 0.3) is 5.91 Å². The molecule has 1 atom stereocenters. The van der Waals surface area contributed by atoms with Crippen molar-refractivity contribution in [2.24, 2.45) is 0 Å². The first-order valence-electron chi connectivity index (χ1n) is 8.36. The summed E-state index contributed by atoms with van der Waals surface area (Å²) in [6.45, 7) is 5.68. The number of hydrogen-bond donors (Lipinski definition) is 1. The molecule has 1 aromatic rings. The molecule has 1 saturated carbocycles. The molecule has 2 aliphatic rings. The van der Waals surface area contributed by atoms with Gasteiger partial charge in [-0.2, -0.15) is 0 Å². The Kier molecular flexibility index (Phi) is 4.85. The Morgan fingerprint density at radius 2 is 2.18 bits per heavy atom. The number of carbonyl (C=O) groups excluding carboxylic acids is 1. The molecule has 4 nitrogen and oxygen atoms in total. The number of ether oxygens (including phenoxy) is 2. The van der Waals surface area contributed by atoms with Crippen LogP contribution in [-0.2, 0) is 22.3 Å². The van der Waals surface area contributed by atoms with Crippen molar-refractivity contribution < 1.29 is 14.3 Å². The molecule has 0 bridgehead atoms. The first-order valence-corrected chi connectivity index (χ1v) is 9.18. The van der Waals surface area contributed by atoms with Crippen LogP contribution in [0.15, 0.2) is 6.07 Å². The molecule has 5 heteroatoms. The van der Waals surface area contributed by atoms with Crippen molar-refractivity contribution >= 4 is 17.2 Å². The topological polar surface area (TPSA) is 47.6 Å². The minimum Gasteiger partial charge on any atom is -0.348 e. The molecule has 0 radical (unpaired) electrons. The second kappa shape index (κ2) is 6.69. The normalized spacial score (nSPS) is 23.3. The van der Waals surface area contributed by atoms with Gasteiger partial charge in [-0.05, 0) is 30.9 Å². The Morgan fingerprint density at radius 3 is 2.86 bits per heavy atom. The van der Waals surface area contributed by atoms with Crippen molar-refractivity contribution in [3.63, 3.8) is 0 Å². The summed E-state index contributed by atoms with van der Waals surface area (Å²) in [5.41, 5.74) is 1.32. The number of nitrogens with one attached hydrogen (secondary N) is 1. The van der Waals surface area contributed by atoms with Gasteiger partial charge >= 0.3 is 0 Å². The van der Waals surface area contributed by atoms with Gasteiger partial charge in [0.05, 0.1) is 18.1 Å². The van der Waals surface area contributed by atoms with Gasteiger partial charge in [-0.25, -0.2) is 0 Å². The fourth-order valence-electron chi connectivity index (χ4n) is 3.43. The lowest BCUT2D eigenvalue weighted by Crippen LogP contribution is -2.35. The van der Waals surface area contributed by atoms with Crippen LogP contribution in [0.2, 0.25) is 0 Å². The molecule has 1 aliphatic heterocycles. The molecule has 1 amide bonds. The quantitative estimate of drug-likeness (QED) is 0.904. The average Bonchev–Trinajstić information content (AvgIpc) is 3.21. The van der Waals surface area contributed by atoms with Crippen LogP contribution in [0.4, 0.5) is 0 Å². The van der Waals surface area contributed by atoms with Gasteiger partial charge < -0.3 is 14.8 Å². The summed E-state index contributed by atoms with van der Waals surface area (Å²) in [5, 5.41) is 3.16. The Hall–Kier alpha value is -0.910. The SMILES string of the molecule is CCCc1sc(C(=O)N[C@H]2CCC3(C2)OCCO3)cc1CC. The van der Waals surface area contributed by atoms with Gasteiger partial charge in [0.1, 0.15) is 0 Å². The van der Waals surface area contributed by atoms with Gasteiger partial charge in [-0.1, -0.05) is 20.3 Å². The Balaban J connectivity index is 1.62. The van der Waals surface area contributed by atoms with Crippen molar-refractivity contribution in [2.75, 3.05) is 13.2 Å². The van der Waals surface area contributed by atoms with E-state index in [4.69, 9.17) is 9.47 Å². The number of carbonyl (C=O) groups is 1. The van der Waals surface area contributed by atoms with E-state index in [1.54, 1.807) is 11.3 Å². The smallest absolute Gasteiger partial charge is 0.261 e. The number of amides is 1. The minimum absolute atomic E-state index is 0.0575. The van der Waals surface area contributed by atoms with E-state index < -0.39 is 5.79 Å². The Morgan fingerprint density at radius 1 is 1.41 bits per heavy atom. The molecule has 1 aromatic heterocycles. The highest BCUT2D eigenvalue weighted by Crippen LogP contribution is 2.37. The summed E-state index contributed by atoms with van der Waals surface area (Å²) >= 11 is 1.65. The average molecular weight is 323 g/mol. The zero-order valence-electron chi connectivity index (χ0n) is 13.4. The van der Waals surface area contributed by atoms with E-state index in [2.05, 4.69) is 25.2 Å². The molecule has 1 spiro atoms. The van der Waals surface area contributed by atoms with E-state index >= 15 is 0 Å². The predicted molar refractivity (Wildman–Crippen MR) is 87.4 cm³/mol. The van der Waals surface area contributed by atoms with Crippen LogP contribution in [-0.4, -0.2) is 30.9 Å². The summed E-state index contributed by atoms with van der Waals surface area (Å²) < 4.78 is 11.4.